The number of rotatable bonds is 5. The summed E-state index contributed by atoms with van der Waals surface area (Å²) in [5.41, 5.74) is 0.149. The van der Waals surface area contributed by atoms with Gasteiger partial charge in [0.15, 0.2) is 0 Å². The first-order valence-corrected chi connectivity index (χ1v) is 6.71. The molecule has 1 aliphatic carbocycles. The van der Waals surface area contributed by atoms with Crippen LogP contribution in [0.4, 0.5) is 0 Å². The predicted octanol–water partition coefficient (Wildman–Crippen LogP) is 3.79. The van der Waals surface area contributed by atoms with Crippen LogP contribution >= 0.6 is 0 Å². The first-order valence-electron chi connectivity index (χ1n) is 6.71. The van der Waals surface area contributed by atoms with Crippen LogP contribution in [0.15, 0.2) is 0 Å². The summed E-state index contributed by atoms with van der Waals surface area (Å²) < 4.78 is 11.7. The normalized spacial score (nSPS) is 31.7. The van der Waals surface area contributed by atoms with E-state index < -0.39 is 0 Å². The van der Waals surface area contributed by atoms with E-state index in [1.807, 2.05) is 0 Å². The van der Waals surface area contributed by atoms with E-state index in [1.54, 1.807) is 0 Å². The Labute approximate surface area is 101 Å². The van der Waals surface area contributed by atoms with E-state index >= 15 is 0 Å². The fraction of sp³-hybridized carbons (Fsp3) is 1.00. The van der Waals surface area contributed by atoms with Crippen LogP contribution in [0.1, 0.15) is 60.3 Å². The van der Waals surface area contributed by atoms with Crippen LogP contribution in [0.25, 0.3) is 0 Å². The van der Waals surface area contributed by atoms with Crippen molar-refractivity contribution in [3.05, 3.63) is 0 Å². The molecule has 1 fully saturated rings. The van der Waals surface area contributed by atoms with Gasteiger partial charge in [0.2, 0.25) is 0 Å². The van der Waals surface area contributed by atoms with Gasteiger partial charge in [-0.2, -0.15) is 0 Å². The molecule has 0 spiro atoms. The number of ether oxygens (including phenoxy) is 2. The van der Waals surface area contributed by atoms with Crippen molar-refractivity contribution in [1.82, 2.24) is 0 Å². The quantitative estimate of drug-likeness (QED) is 0.713. The van der Waals surface area contributed by atoms with Gasteiger partial charge < -0.3 is 9.47 Å². The van der Waals surface area contributed by atoms with Gasteiger partial charge in [-0.05, 0) is 66.2 Å². The monoisotopic (exact) mass is 228 g/mol. The van der Waals surface area contributed by atoms with Crippen molar-refractivity contribution < 1.29 is 9.47 Å². The summed E-state index contributed by atoms with van der Waals surface area (Å²) in [6.45, 7) is 12.5. The Morgan fingerprint density at radius 2 is 1.69 bits per heavy atom. The van der Waals surface area contributed by atoms with Gasteiger partial charge >= 0.3 is 0 Å². The molecule has 0 aromatic rings. The molecule has 0 bridgehead atoms. The maximum absolute atomic E-state index is 5.86. The lowest BCUT2D eigenvalue weighted by atomic mass is 9.73. The second-order valence-corrected chi connectivity index (χ2v) is 5.69. The van der Waals surface area contributed by atoms with Gasteiger partial charge in [0.1, 0.15) is 0 Å². The fourth-order valence-electron chi connectivity index (χ4n) is 2.91. The highest BCUT2D eigenvalue weighted by Gasteiger charge is 2.38. The Kier molecular flexibility index (Phi) is 4.81. The van der Waals surface area contributed by atoms with Crippen LogP contribution in [0.5, 0.6) is 0 Å². The highest BCUT2D eigenvalue weighted by Crippen LogP contribution is 2.40. The van der Waals surface area contributed by atoms with Crippen LogP contribution in [0.3, 0.4) is 0 Å². The lowest BCUT2D eigenvalue weighted by Gasteiger charge is -2.43. The molecular formula is C14H28O2. The third kappa shape index (κ3) is 3.46. The molecule has 0 heterocycles. The molecule has 96 valence electrons. The van der Waals surface area contributed by atoms with Crippen LogP contribution in [-0.2, 0) is 9.47 Å². The largest absolute Gasteiger partial charge is 0.376 e. The summed E-state index contributed by atoms with van der Waals surface area (Å²) in [7, 11) is 0. The molecule has 0 aromatic heterocycles. The predicted molar refractivity (Wildman–Crippen MR) is 67.7 cm³/mol. The number of hydrogen-bond donors (Lipinski definition) is 0. The van der Waals surface area contributed by atoms with E-state index in [0.717, 1.165) is 13.2 Å². The van der Waals surface area contributed by atoms with Gasteiger partial charge in [0, 0.05) is 13.2 Å². The van der Waals surface area contributed by atoms with Gasteiger partial charge in [0.05, 0.1) is 11.2 Å². The number of hydrogen-bond acceptors (Lipinski definition) is 2. The molecule has 0 atom stereocenters. The lowest BCUT2D eigenvalue weighted by molar-refractivity contribution is -0.107. The van der Waals surface area contributed by atoms with Crippen LogP contribution < -0.4 is 0 Å². The summed E-state index contributed by atoms with van der Waals surface area (Å²) in [5, 5.41) is 0. The smallest absolute Gasteiger partial charge is 0.0654 e. The first-order chi connectivity index (χ1) is 7.43. The molecule has 0 aliphatic heterocycles. The van der Waals surface area contributed by atoms with Crippen molar-refractivity contribution >= 4 is 0 Å². The molecule has 0 N–H and O–H groups in total. The first kappa shape index (κ1) is 14.0. The van der Waals surface area contributed by atoms with E-state index in [9.17, 15) is 0 Å². The molecule has 0 amide bonds. The topological polar surface area (TPSA) is 18.5 Å². The Bertz CT molecular complexity index is 203. The zero-order chi connectivity index (χ0) is 12.2. The van der Waals surface area contributed by atoms with Crippen molar-refractivity contribution in [2.75, 3.05) is 13.2 Å². The Hall–Kier alpha value is -0.0800. The molecule has 16 heavy (non-hydrogen) atoms. The molecule has 1 aliphatic rings. The van der Waals surface area contributed by atoms with Crippen LogP contribution in [-0.4, -0.2) is 24.4 Å². The van der Waals surface area contributed by atoms with Crippen molar-refractivity contribution in [2.24, 2.45) is 5.92 Å². The van der Waals surface area contributed by atoms with E-state index in [1.165, 1.54) is 25.7 Å². The zero-order valence-electron chi connectivity index (χ0n) is 11.6. The van der Waals surface area contributed by atoms with Crippen molar-refractivity contribution in [1.29, 1.82) is 0 Å². The van der Waals surface area contributed by atoms with Crippen LogP contribution in [0.2, 0.25) is 0 Å². The lowest BCUT2D eigenvalue weighted by Crippen LogP contribution is -2.42. The van der Waals surface area contributed by atoms with Gasteiger partial charge in [0.25, 0.3) is 0 Å². The summed E-state index contributed by atoms with van der Waals surface area (Å²) in [5.74, 6) is 0.681. The maximum Gasteiger partial charge on any atom is 0.0654 e. The molecular weight excluding hydrogens is 200 g/mol. The van der Waals surface area contributed by atoms with E-state index in [-0.39, 0.29) is 11.2 Å². The minimum atomic E-state index is 0.0301. The van der Waals surface area contributed by atoms with Crippen molar-refractivity contribution in [3.63, 3.8) is 0 Å². The molecule has 2 nitrogen and oxygen atoms in total. The van der Waals surface area contributed by atoms with Gasteiger partial charge in [-0.15, -0.1) is 0 Å². The van der Waals surface area contributed by atoms with Crippen LogP contribution in [0, 0.1) is 5.92 Å². The third-order valence-corrected chi connectivity index (χ3v) is 4.04. The Morgan fingerprint density at radius 1 is 1.12 bits per heavy atom. The molecule has 0 aromatic carbocycles. The molecule has 0 saturated heterocycles. The highest BCUT2D eigenvalue weighted by atomic mass is 16.5. The second kappa shape index (κ2) is 5.50. The maximum atomic E-state index is 5.86. The molecule has 1 rings (SSSR count). The second-order valence-electron chi connectivity index (χ2n) is 5.69. The van der Waals surface area contributed by atoms with E-state index in [2.05, 4.69) is 34.6 Å². The fourth-order valence-corrected chi connectivity index (χ4v) is 2.91. The minimum absolute atomic E-state index is 0.0301. The molecule has 0 radical (unpaired) electrons. The van der Waals surface area contributed by atoms with Crippen molar-refractivity contribution in [3.8, 4) is 0 Å². The summed E-state index contributed by atoms with van der Waals surface area (Å²) >= 11 is 0. The zero-order valence-corrected chi connectivity index (χ0v) is 11.6. The summed E-state index contributed by atoms with van der Waals surface area (Å²) in [6.07, 6.45) is 4.79. The van der Waals surface area contributed by atoms with Crippen molar-refractivity contribution in [2.45, 2.75) is 71.5 Å². The minimum Gasteiger partial charge on any atom is -0.376 e. The summed E-state index contributed by atoms with van der Waals surface area (Å²) in [6, 6.07) is 0. The third-order valence-electron chi connectivity index (χ3n) is 4.04. The standard InChI is InChI=1S/C14H28O2/c1-6-15-13(3,4)12-8-10-14(5,11-9-12)16-7-2/h12H,6-11H2,1-5H3. The van der Waals surface area contributed by atoms with Gasteiger partial charge in [-0.25, -0.2) is 0 Å². The molecule has 0 unspecified atom stereocenters. The van der Waals surface area contributed by atoms with E-state index in [0.29, 0.717) is 5.92 Å². The average Bonchev–Trinajstić information content (AvgIpc) is 2.18. The SMILES string of the molecule is CCOC1(C)CCC(C(C)(C)OCC)CC1. The molecule has 2 heteroatoms. The van der Waals surface area contributed by atoms with Gasteiger partial charge in [-0.3, -0.25) is 0 Å². The average molecular weight is 228 g/mol. The summed E-state index contributed by atoms with van der Waals surface area (Å²) in [4.78, 5) is 0. The highest BCUT2D eigenvalue weighted by molar-refractivity contribution is 4.90. The van der Waals surface area contributed by atoms with Gasteiger partial charge in [-0.1, -0.05) is 0 Å². The Balaban J connectivity index is 2.48. The molecule has 1 saturated carbocycles. The van der Waals surface area contributed by atoms with E-state index in [4.69, 9.17) is 9.47 Å². The Morgan fingerprint density at radius 3 is 2.12 bits per heavy atom.